The molecule has 5 nitrogen and oxygen atoms in total. The second-order valence-corrected chi connectivity index (χ2v) is 10.2. The molecular formula is C23H30N4OS. The van der Waals surface area contributed by atoms with Crippen molar-refractivity contribution in [1.29, 1.82) is 0 Å². The highest BCUT2D eigenvalue weighted by Crippen LogP contribution is 2.46. The number of thioether (sulfide) groups is 1. The van der Waals surface area contributed by atoms with Crippen molar-refractivity contribution in [3.63, 3.8) is 0 Å². The standard InChI is InChI=1S/C23H30N4OS/c1-16(29-23-25-24-21(19-7-8-19)27(23)20-9-10-20)22(28)26-13-11-18(12-14-26)15-17-5-3-2-4-6-17/h2-6,16,18-20H,7-15H2,1H3/t16-/m1/s1. The number of benzene rings is 1. The molecule has 2 aliphatic carbocycles. The van der Waals surface area contributed by atoms with E-state index in [0.29, 0.717) is 17.9 Å². The first-order valence-electron chi connectivity index (χ1n) is 11.1. The van der Waals surface area contributed by atoms with Crippen LogP contribution in [0.15, 0.2) is 35.5 Å². The first-order valence-corrected chi connectivity index (χ1v) is 12.0. The maximum Gasteiger partial charge on any atom is 0.235 e. The number of likely N-dealkylation sites (tertiary alicyclic amines) is 1. The van der Waals surface area contributed by atoms with Crippen molar-refractivity contribution in [3.8, 4) is 0 Å². The summed E-state index contributed by atoms with van der Waals surface area (Å²) in [6.45, 7) is 3.79. The maximum atomic E-state index is 13.1. The second-order valence-electron chi connectivity index (χ2n) is 8.93. The summed E-state index contributed by atoms with van der Waals surface area (Å²) in [5.74, 6) is 2.71. The molecule has 1 aromatic heterocycles. The van der Waals surface area contributed by atoms with E-state index in [1.165, 1.54) is 31.2 Å². The topological polar surface area (TPSA) is 51.0 Å². The summed E-state index contributed by atoms with van der Waals surface area (Å²) in [6, 6.07) is 11.3. The fraction of sp³-hybridized carbons (Fsp3) is 0.609. The van der Waals surface area contributed by atoms with Crippen molar-refractivity contribution in [2.45, 2.75) is 74.2 Å². The lowest BCUT2D eigenvalue weighted by Gasteiger charge is -2.33. The van der Waals surface area contributed by atoms with E-state index in [-0.39, 0.29) is 11.2 Å². The Bertz CT molecular complexity index is 851. The first-order chi connectivity index (χ1) is 14.2. The fourth-order valence-corrected chi connectivity index (χ4v) is 5.45. The normalized spacial score (nSPS) is 21.3. The molecule has 3 aliphatic rings. The molecule has 5 rings (SSSR count). The number of piperidine rings is 1. The first kappa shape index (κ1) is 19.2. The largest absolute Gasteiger partial charge is 0.342 e. The summed E-state index contributed by atoms with van der Waals surface area (Å²) in [5, 5.41) is 9.80. The Morgan fingerprint density at radius 2 is 1.79 bits per heavy atom. The Morgan fingerprint density at radius 1 is 1.07 bits per heavy atom. The van der Waals surface area contributed by atoms with Crippen molar-refractivity contribution in [2.75, 3.05) is 13.1 Å². The maximum absolute atomic E-state index is 13.1. The molecule has 0 unspecified atom stereocenters. The fourth-order valence-electron chi connectivity index (χ4n) is 4.44. The highest BCUT2D eigenvalue weighted by Gasteiger charge is 2.37. The van der Waals surface area contributed by atoms with E-state index >= 15 is 0 Å². The van der Waals surface area contributed by atoms with Gasteiger partial charge in [-0.1, -0.05) is 42.1 Å². The Morgan fingerprint density at radius 3 is 2.45 bits per heavy atom. The van der Waals surface area contributed by atoms with Crippen LogP contribution in [0.4, 0.5) is 0 Å². The summed E-state index contributed by atoms with van der Waals surface area (Å²) in [4.78, 5) is 15.1. The van der Waals surface area contributed by atoms with Crippen LogP contribution in [0.1, 0.15) is 68.8 Å². The Hall–Kier alpha value is -1.82. The van der Waals surface area contributed by atoms with Gasteiger partial charge in [-0.05, 0) is 63.4 Å². The third kappa shape index (κ3) is 4.37. The molecular weight excluding hydrogens is 380 g/mol. The molecule has 6 heteroatoms. The number of rotatable bonds is 7. The molecule has 0 N–H and O–H groups in total. The van der Waals surface area contributed by atoms with Crippen LogP contribution in [-0.2, 0) is 11.2 Å². The van der Waals surface area contributed by atoms with E-state index in [0.717, 1.165) is 43.3 Å². The van der Waals surface area contributed by atoms with E-state index in [1.54, 1.807) is 11.8 Å². The van der Waals surface area contributed by atoms with Gasteiger partial charge in [0.2, 0.25) is 5.91 Å². The van der Waals surface area contributed by atoms with Crippen LogP contribution in [0.2, 0.25) is 0 Å². The molecule has 0 bridgehead atoms. The molecule has 1 aromatic carbocycles. The predicted octanol–water partition coefficient (Wildman–Crippen LogP) is 4.45. The lowest BCUT2D eigenvalue weighted by atomic mass is 9.90. The van der Waals surface area contributed by atoms with E-state index in [9.17, 15) is 4.79 Å². The third-order valence-corrected chi connectivity index (χ3v) is 7.51. The molecule has 2 saturated carbocycles. The van der Waals surface area contributed by atoms with Gasteiger partial charge in [0.05, 0.1) is 5.25 Å². The summed E-state index contributed by atoms with van der Waals surface area (Å²) >= 11 is 1.61. The number of hydrogen-bond donors (Lipinski definition) is 0. The van der Waals surface area contributed by atoms with Gasteiger partial charge in [-0.25, -0.2) is 0 Å². The van der Waals surface area contributed by atoms with Crippen LogP contribution in [0.5, 0.6) is 0 Å². The van der Waals surface area contributed by atoms with Gasteiger partial charge in [-0.3, -0.25) is 4.79 Å². The summed E-state index contributed by atoms with van der Waals surface area (Å²) < 4.78 is 2.35. The number of nitrogens with zero attached hydrogens (tertiary/aromatic N) is 4. The highest BCUT2D eigenvalue weighted by atomic mass is 32.2. The molecule has 0 spiro atoms. The molecule has 154 valence electrons. The zero-order chi connectivity index (χ0) is 19.8. The van der Waals surface area contributed by atoms with E-state index < -0.39 is 0 Å². The van der Waals surface area contributed by atoms with Gasteiger partial charge >= 0.3 is 0 Å². The van der Waals surface area contributed by atoms with E-state index in [2.05, 4.69) is 50.0 Å². The lowest BCUT2D eigenvalue weighted by Crippen LogP contribution is -2.42. The molecule has 3 fully saturated rings. The number of carbonyl (C=O) groups excluding carboxylic acids is 1. The quantitative estimate of drug-likeness (QED) is 0.633. The van der Waals surface area contributed by atoms with Gasteiger partial charge in [-0.15, -0.1) is 10.2 Å². The molecule has 1 aliphatic heterocycles. The second kappa shape index (κ2) is 8.13. The highest BCUT2D eigenvalue weighted by molar-refractivity contribution is 8.00. The average molecular weight is 411 g/mol. The SMILES string of the molecule is C[C@@H](Sc1nnc(C2CC2)n1C1CC1)C(=O)N1CCC(Cc2ccccc2)CC1. The van der Waals surface area contributed by atoms with Gasteiger partial charge in [0.1, 0.15) is 5.82 Å². The predicted molar refractivity (Wildman–Crippen MR) is 115 cm³/mol. The smallest absolute Gasteiger partial charge is 0.235 e. The number of amides is 1. The van der Waals surface area contributed by atoms with Gasteiger partial charge in [0.15, 0.2) is 5.16 Å². The van der Waals surface area contributed by atoms with Crippen LogP contribution in [-0.4, -0.2) is 43.9 Å². The lowest BCUT2D eigenvalue weighted by molar-refractivity contribution is -0.131. The number of aromatic nitrogens is 3. The van der Waals surface area contributed by atoms with Gasteiger partial charge in [0, 0.05) is 25.0 Å². The van der Waals surface area contributed by atoms with Crippen LogP contribution >= 0.6 is 11.8 Å². The minimum Gasteiger partial charge on any atom is -0.342 e. The van der Waals surface area contributed by atoms with E-state index in [4.69, 9.17) is 0 Å². The Balaban J connectivity index is 1.16. The molecule has 1 amide bonds. The van der Waals surface area contributed by atoms with Gasteiger partial charge in [-0.2, -0.15) is 0 Å². The van der Waals surface area contributed by atoms with Crippen molar-refractivity contribution in [2.24, 2.45) is 5.92 Å². The van der Waals surface area contributed by atoms with Crippen molar-refractivity contribution in [3.05, 3.63) is 41.7 Å². The van der Waals surface area contributed by atoms with Crippen molar-refractivity contribution in [1.82, 2.24) is 19.7 Å². The minimum absolute atomic E-state index is 0.102. The van der Waals surface area contributed by atoms with Crippen molar-refractivity contribution < 1.29 is 4.79 Å². The minimum atomic E-state index is -0.102. The van der Waals surface area contributed by atoms with Gasteiger partial charge in [0.25, 0.3) is 0 Å². The van der Waals surface area contributed by atoms with Crippen LogP contribution in [0.25, 0.3) is 0 Å². The molecule has 2 aromatic rings. The molecule has 2 heterocycles. The summed E-state index contributed by atoms with van der Waals surface area (Å²) in [5.41, 5.74) is 1.41. The Labute approximate surface area is 177 Å². The molecule has 1 saturated heterocycles. The van der Waals surface area contributed by atoms with Crippen LogP contribution in [0, 0.1) is 5.92 Å². The van der Waals surface area contributed by atoms with Crippen molar-refractivity contribution >= 4 is 17.7 Å². The summed E-state index contributed by atoms with van der Waals surface area (Å²) in [6.07, 6.45) is 8.25. The number of hydrogen-bond acceptors (Lipinski definition) is 4. The van der Waals surface area contributed by atoms with Crippen LogP contribution < -0.4 is 0 Å². The molecule has 1 atom stereocenters. The molecule has 29 heavy (non-hydrogen) atoms. The molecule has 0 radical (unpaired) electrons. The third-order valence-electron chi connectivity index (χ3n) is 6.47. The zero-order valence-electron chi connectivity index (χ0n) is 17.2. The zero-order valence-corrected chi connectivity index (χ0v) is 18.0. The Kier molecular flexibility index (Phi) is 5.37. The number of carbonyl (C=O) groups is 1. The van der Waals surface area contributed by atoms with Crippen LogP contribution in [0.3, 0.4) is 0 Å². The van der Waals surface area contributed by atoms with Gasteiger partial charge < -0.3 is 9.47 Å². The monoisotopic (exact) mass is 410 g/mol. The average Bonchev–Trinajstić information content (AvgIpc) is 3.68. The van der Waals surface area contributed by atoms with E-state index in [1.807, 2.05) is 6.92 Å². The summed E-state index contributed by atoms with van der Waals surface area (Å²) in [7, 11) is 0.